The molecule has 2 unspecified atom stereocenters. The first-order valence-corrected chi connectivity index (χ1v) is 6.17. The van der Waals surface area contributed by atoms with E-state index in [2.05, 4.69) is 5.32 Å². The Labute approximate surface area is 107 Å². The minimum Gasteiger partial charge on any atom is -0.497 e. The fourth-order valence-corrected chi connectivity index (χ4v) is 2.51. The molecule has 0 spiro atoms. The van der Waals surface area contributed by atoms with Crippen LogP contribution >= 0.6 is 0 Å². The lowest BCUT2D eigenvalue weighted by atomic mass is 9.79. The number of carboxylic acid groups (broad SMARTS) is 1. The Hall–Kier alpha value is -1.55. The van der Waals surface area contributed by atoms with Crippen molar-refractivity contribution in [1.82, 2.24) is 5.32 Å². The Morgan fingerprint density at radius 3 is 2.67 bits per heavy atom. The van der Waals surface area contributed by atoms with Crippen LogP contribution in [0, 0.1) is 0 Å². The van der Waals surface area contributed by atoms with Gasteiger partial charge in [0.1, 0.15) is 11.3 Å². The van der Waals surface area contributed by atoms with Crippen LogP contribution in [-0.2, 0) is 4.79 Å². The number of ether oxygens (including phenoxy) is 1. The lowest BCUT2D eigenvalue weighted by Crippen LogP contribution is -2.53. The molecule has 0 aromatic heterocycles. The highest BCUT2D eigenvalue weighted by Crippen LogP contribution is 2.33. The van der Waals surface area contributed by atoms with Crippen molar-refractivity contribution in [3.8, 4) is 5.75 Å². The average molecular weight is 249 g/mol. The summed E-state index contributed by atoms with van der Waals surface area (Å²) in [6.45, 7) is 2.49. The number of hydrogen-bond donors (Lipinski definition) is 2. The van der Waals surface area contributed by atoms with E-state index in [4.69, 9.17) is 4.74 Å². The quantitative estimate of drug-likeness (QED) is 0.860. The minimum absolute atomic E-state index is 0.290. The summed E-state index contributed by atoms with van der Waals surface area (Å²) in [5.41, 5.74) is 0.368. The van der Waals surface area contributed by atoms with Gasteiger partial charge in [0.2, 0.25) is 0 Å². The standard InChI is InChI=1S/C14H19NO3/c1-14(13(16)17)9-11(7-8-15-14)10-3-5-12(18-2)6-4-10/h3-6,11,15H,7-9H2,1-2H3,(H,16,17). The summed E-state index contributed by atoms with van der Waals surface area (Å²) in [7, 11) is 1.64. The summed E-state index contributed by atoms with van der Waals surface area (Å²) in [6, 6.07) is 7.90. The molecule has 2 N–H and O–H groups in total. The van der Waals surface area contributed by atoms with Gasteiger partial charge in [-0.1, -0.05) is 12.1 Å². The second-order valence-electron chi connectivity index (χ2n) is 5.03. The van der Waals surface area contributed by atoms with Crippen molar-refractivity contribution in [2.75, 3.05) is 13.7 Å². The summed E-state index contributed by atoms with van der Waals surface area (Å²) >= 11 is 0. The van der Waals surface area contributed by atoms with E-state index in [1.54, 1.807) is 14.0 Å². The number of benzene rings is 1. The third-order valence-corrected chi connectivity index (χ3v) is 3.72. The highest BCUT2D eigenvalue weighted by atomic mass is 16.5. The summed E-state index contributed by atoms with van der Waals surface area (Å²) < 4.78 is 5.13. The predicted octanol–water partition coefficient (Wildman–Crippen LogP) is 2.01. The molecule has 0 saturated carbocycles. The Morgan fingerprint density at radius 2 is 2.11 bits per heavy atom. The van der Waals surface area contributed by atoms with Gasteiger partial charge in [0.15, 0.2) is 0 Å². The maximum atomic E-state index is 11.3. The molecule has 0 radical (unpaired) electrons. The van der Waals surface area contributed by atoms with Gasteiger partial charge in [-0.05, 0) is 49.9 Å². The Bertz CT molecular complexity index is 429. The van der Waals surface area contributed by atoms with Crippen molar-refractivity contribution in [2.45, 2.75) is 31.2 Å². The Balaban J connectivity index is 2.15. The zero-order chi connectivity index (χ0) is 13.2. The number of aliphatic carboxylic acids is 1. The number of piperidine rings is 1. The molecule has 4 nitrogen and oxygen atoms in total. The number of hydrogen-bond acceptors (Lipinski definition) is 3. The molecule has 1 aliphatic heterocycles. The summed E-state index contributed by atoms with van der Waals surface area (Å²) in [4.78, 5) is 11.3. The third kappa shape index (κ3) is 2.48. The molecule has 1 fully saturated rings. The van der Waals surface area contributed by atoms with E-state index in [1.807, 2.05) is 24.3 Å². The number of methoxy groups -OCH3 is 1. The summed E-state index contributed by atoms with van der Waals surface area (Å²) in [5, 5.41) is 12.4. The van der Waals surface area contributed by atoms with E-state index in [1.165, 1.54) is 5.56 Å². The molecule has 0 aliphatic carbocycles. The number of rotatable bonds is 3. The van der Waals surface area contributed by atoms with Gasteiger partial charge in [0.25, 0.3) is 0 Å². The summed E-state index contributed by atoms with van der Waals surface area (Å²) in [5.74, 6) is 0.340. The predicted molar refractivity (Wildman–Crippen MR) is 69.0 cm³/mol. The molecular formula is C14H19NO3. The molecule has 1 aromatic rings. The maximum absolute atomic E-state index is 11.3. The topological polar surface area (TPSA) is 58.6 Å². The molecular weight excluding hydrogens is 230 g/mol. The van der Waals surface area contributed by atoms with Crippen molar-refractivity contribution in [3.05, 3.63) is 29.8 Å². The molecule has 1 aromatic carbocycles. The Kier molecular flexibility index (Phi) is 3.57. The van der Waals surface area contributed by atoms with Gasteiger partial charge < -0.3 is 15.2 Å². The van der Waals surface area contributed by atoms with Crippen molar-refractivity contribution in [2.24, 2.45) is 0 Å². The van der Waals surface area contributed by atoms with Crippen molar-refractivity contribution in [1.29, 1.82) is 0 Å². The lowest BCUT2D eigenvalue weighted by Gasteiger charge is -2.36. The molecule has 0 bridgehead atoms. The first-order valence-electron chi connectivity index (χ1n) is 6.17. The van der Waals surface area contributed by atoms with Gasteiger partial charge in [0.05, 0.1) is 7.11 Å². The van der Waals surface area contributed by atoms with Crippen LogP contribution in [0.1, 0.15) is 31.2 Å². The molecule has 4 heteroatoms. The van der Waals surface area contributed by atoms with Crippen LogP contribution in [0.2, 0.25) is 0 Å². The van der Waals surface area contributed by atoms with Gasteiger partial charge in [0, 0.05) is 0 Å². The monoisotopic (exact) mass is 249 g/mol. The maximum Gasteiger partial charge on any atom is 0.323 e. The molecule has 18 heavy (non-hydrogen) atoms. The first kappa shape index (κ1) is 12.9. The molecule has 1 saturated heterocycles. The average Bonchev–Trinajstić information content (AvgIpc) is 2.39. The fraction of sp³-hybridized carbons (Fsp3) is 0.500. The van der Waals surface area contributed by atoms with E-state index >= 15 is 0 Å². The van der Waals surface area contributed by atoms with Crippen LogP contribution in [-0.4, -0.2) is 30.3 Å². The highest BCUT2D eigenvalue weighted by molar-refractivity contribution is 5.78. The lowest BCUT2D eigenvalue weighted by molar-refractivity contribution is -0.145. The normalized spacial score (nSPS) is 27.8. The van der Waals surface area contributed by atoms with Gasteiger partial charge in [-0.3, -0.25) is 4.79 Å². The molecule has 1 heterocycles. The van der Waals surface area contributed by atoms with Crippen molar-refractivity contribution < 1.29 is 14.6 Å². The fourth-order valence-electron chi connectivity index (χ4n) is 2.51. The van der Waals surface area contributed by atoms with Crippen molar-refractivity contribution in [3.63, 3.8) is 0 Å². The van der Waals surface area contributed by atoms with E-state index in [-0.39, 0.29) is 0 Å². The minimum atomic E-state index is -0.817. The SMILES string of the molecule is COc1ccc(C2CCNC(C)(C(=O)O)C2)cc1. The summed E-state index contributed by atoms with van der Waals surface area (Å²) in [6.07, 6.45) is 1.59. The van der Waals surface area contributed by atoms with Crippen LogP contribution in [0.5, 0.6) is 5.75 Å². The van der Waals surface area contributed by atoms with E-state index < -0.39 is 11.5 Å². The van der Waals surface area contributed by atoms with Crippen LogP contribution in [0.25, 0.3) is 0 Å². The van der Waals surface area contributed by atoms with Gasteiger partial charge >= 0.3 is 5.97 Å². The first-order chi connectivity index (χ1) is 8.55. The number of carbonyl (C=O) groups is 1. The Morgan fingerprint density at radius 1 is 1.44 bits per heavy atom. The van der Waals surface area contributed by atoms with E-state index in [0.717, 1.165) is 18.7 Å². The number of nitrogens with one attached hydrogen (secondary N) is 1. The number of carboxylic acids is 1. The largest absolute Gasteiger partial charge is 0.497 e. The third-order valence-electron chi connectivity index (χ3n) is 3.72. The van der Waals surface area contributed by atoms with Crippen molar-refractivity contribution >= 4 is 5.97 Å². The van der Waals surface area contributed by atoms with Crippen LogP contribution in [0.3, 0.4) is 0 Å². The van der Waals surface area contributed by atoms with E-state index in [0.29, 0.717) is 12.3 Å². The van der Waals surface area contributed by atoms with Gasteiger partial charge in [-0.15, -0.1) is 0 Å². The van der Waals surface area contributed by atoms with Gasteiger partial charge in [-0.25, -0.2) is 0 Å². The van der Waals surface area contributed by atoms with Crippen LogP contribution < -0.4 is 10.1 Å². The van der Waals surface area contributed by atoms with Gasteiger partial charge in [-0.2, -0.15) is 0 Å². The molecule has 98 valence electrons. The molecule has 0 amide bonds. The second-order valence-corrected chi connectivity index (χ2v) is 5.03. The van der Waals surface area contributed by atoms with Crippen LogP contribution in [0.4, 0.5) is 0 Å². The van der Waals surface area contributed by atoms with Crippen LogP contribution in [0.15, 0.2) is 24.3 Å². The molecule has 2 atom stereocenters. The second kappa shape index (κ2) is 4.98. The van der Waals surface area contributed by atoms with E-state index in [9.17, 15) is 9.90 Å². The molecule has 2 rings (SSSR count). The zero-order valence-corrected chi connectivity index (χ0v) is 10.8. The zero-order valence-electron chi connectivity index (χ0n) is 10.8. The highest BCUT2D eigenvalue weighted by Gasteiger charge is 2.38. The molecule has 1 aliphatic rings. The smallest absolute Gasteiger partial charge is 0.323 e.